The van der Waals surface area contributed by atoms with E-state index in [1.54, 1.807) is 0 Å². The van der Waals surface area contributed by atoms with Gasteiger partial charge in [-0.15, -0.1) is 0 Å². The summed E-state index contributed by atoms with van der Waals surface area (Å²) in [6.45, 7) is 12.6. The first-order valence-electron chi connectivity index (χ1n) is 7.94. The molecule has 1 aromatic carbocycles. The van der Waals surface area contributed by atoms with Gasteiger partial charge in [-0.3, -0.25) is 4.68 Å². The molecule has 0 saturated heterocycles. The predicted molar refractivity (Wildman–Crippen MR) is 88.7 cm³/mol. The molecule has 1 N–H and O–H groups in total. The van der Waals surface area contributed by atoms with Crippen LogP contribution in [0.4, 0.5) is 0 Å². The van der Waals surface area contributed by atoms with Crippen LogP contribution >= 0.6 is 0 Å². The minimum atomic E-state index is 0.206. The standard InChI is InChI=1S/C18H27N3/c1-6-19-18(17-12-14(5)20-21(17)7-2)16-10-8-15(9-11-16)13(3)4/h8-13,18-19H,6-7H2,1-5H3. The molecule has 3 heteroatoms. The number of aryl methyl sites for hydroxylation is 2. The van der Waals surface area contributed by atoms with Crippen LogP contribution in [0.15, 0.2) is 30.3 Å². The minimum Gasteiger partial charge on any atom is -0.305 e. The minimum absolute atomic E-state index is 0.206. The first kappa shape index (κ1) is 15.8. The Kier molecular flexibility index (Phi) is 5.18. The molecule has 1 heterocycles. The van der Waals surface area contributed by atoms with Crippen molar-refractivity contribution < 1.29 is 0 Å². The molecule has 0 bridgehead atoms. The van der Waals surface area contributed by atoms with Crippen LogP contribution in [-0.4, -0.2) is 16.3 Å². The fourth-order valence-corrected chi connectivity index (χ4v) is 2.72. The van der Waals surface area contributed by atoms with E-state index in [-0.39, 0.29) is 6.04 Å². The summed E-state index contributed by atoms with van der Waals surface area (Å²) < 4.78 is 2.10. The molecule has 0 aliphatic carbocycles. The molecule has 114 valence electrons. The molecule has 2 rings (SSSR count). The number of nitrogens with one attached hydrogen (secondary N) is 1. The molecular formula is C18H27N3. The Morgan fingerprint density at radius 2 is 1.71 bits per heavy atom. The van der Waals surface area contributed by atoms with Crippen LogP contribution in [0.2, 0.25) is 0 Å². The third kappa shape index (κ3) is 3.53. The fraction of sp³-hybridized carbons (Fsp3) is 0.500. The highest BCUT2D eigenvalue weighted by molar-refractivity contribution is 5.32. The lowest BCUT2D eigenvalue weighted by molar-refractivity contribution is 0.541. The van der Waals surface area contributed by atoms with Gasteiger partial charge in [0.15, 0.2) is 0 Å². The van der Waals surface area contributed by atoms with Gasteiger partial charge < -0.3 is 5.32 Å². The SMILES string of the molecule is CCNC(c1ccc(C(C)C)cc1)c1cc(C)nn1CC. The summed E-state index contributed by atoms with van der Waals surface area (Å²) in [5.41, 5.74) is 5.01. The van der Waals surface area contributed by atoms with Gasteiger partial charge in [0.1, 0.15) is 0 Å². The zero-order chi connectivity index (χ0) is 15.4. The smallest absolute Gasteiger partial charge is 0.0748 e. The third-order valence-electron chi connectivity index (χ3n) is 3.87. The van der Waals surface area contributed by atoms with Gasteiger partial charge in [-0.1, -0.05) is 45.0 Å². The lowest BCUT2D eigenvalue weighted by Crippen LogP contribution is -2.24. The van der Waals surface area contributed by atoms with Crippen LogP contribution < -0.4 is 5.32 Å². The quantitative estimate of drug-likeness (QED) is 0.868. The maximum Gasteiger partial charge on any atom is 0.0748 e. The van der Waals surface area contributed by atoms with Crippen LogP contribution in [0.25, 0.3) is 0 Å². The zero-order valence-corrected chi connectivity index (χ0v) is 13.9. The molecular weight excluding hydrogens is 258 g/mol. The predicted octanol–water partition coefficient (Wildman–Crippen LogP) is 4.03. The van der Waals surface area contributed by atoms with Crippen molar-refractivity contribution in [3.63, 3.8) is 0 Å². The Morgan fingerprint density at radius 1 is 1.10 bits per heavy atom. The number of nitrogens with zero attached hydrogens (tertiary/aromatic N) is 2. The molecule has 0 aliphatic heterocycles. The van der Waals surface area contributed by atoms with Gasteiger partial charge in [0.05, 0.1) is 17.4 Å². The first-order valence-corrected chi connectivity index (χ1v) is 7.94. The van der Waals surface area contributed by atoms with Gasteiger partial charge in [-0.25, -0.2) is 0 Å². The van der Waals surface area contributed by atoms with Gasteiger partial charge >= 0.3 is 0 Å². The van der Waals surface area contributed by atoms with Crippen molar-refractivity contribution >= 4 is 0 Å². The topological polar surface area (TPSA) is 29.9 Å². The van der Waals surface area contributed by atoms with E-state index >= 15 is 0 Å². The van der Waals surface area contributed by atoms with Crippen molar-refractivity contribution in [3.05, 3.63) is 52.8 Å². The zero-order valence-electron chi connectivity index (χ0n) is 13.9. The van der Waals surface area contributed by atoms with E-state index in [0.717, 1.165) is 18.8 Å². The van der Waals surface area contributed by atoms with Crippen LogP contribution in [0.5, 0.6) is 0 Å². The number of hydrogen-bond donors (Lipinski definition) is 1. The first-order chi connectivity index (χ1) is 10.1. The lowest BCUT2D eigenvalue weighted by atomic mass is 9.97. The van der Waals surface area contributed by atoms with E-state index in [0.29, 0.717) is 5.92 Å². The maximum atomic E-state index is 4.58. The molecule has 0 saturated carbocycles. The van der Waals surface area contributed by atoms with Crippen LogP contribution in [0.1, 0.15) is 62.2 Å². The van der Waals surface area contributed by atoms with Gasteiger partial charge in [0.25, 0.3) is 0 Å². The van der Waals surface area contributed by atoms with Crippen molar-refractivity contribution in [2.45, 2.75) is 53.1 Å². The molecule has 0 radical (unpaired) electrons. The summed E-state index contributed by atoms with van der Waals surface area (Å²) >= 11 is 0. The molecule has 2 aromatic rings. The second kappa shape index (κ2) is 6.90. The fourth-order valence-electron chi connectivity index (χ4n) is 2.72. The van der Waals surface area contributed by atoms with Crippen molar-refractivity contribution in [2.24, 2.45) is 0 Å². The Morgan fingerprint density at radius 3 is 2.24 bits per heavy atom. The van der Waals surface area contributed by atoms with Gasteiger partial charge in [-0.05, 0) is 43.5 Å². The van der Waals surface area contributed by atoms with Crippen LogP contribution in [0, 0.1) is 6.92 Å². The van der Waals surface area contributed by atoms with E-state index in [1.807, 2.05) is 0 Å². The van der Waals surface area contributed by atoms with Gasteiger partial charge in [0, 0.05) is 6.54 Å². The van der Waals surface area contributed by atoms with Crippen molar-refractivity contribution in [1.29, 1.82) is 0 Å². The molecule has 3 nitrogen and oxygen atoms in total. The summed E-state index contributed by atoms with van der Waals surface area (Å²) in [6.07, 6.45) is 0. The van der Waals surface area contributed by atoms with E-state index < -0.39 is 0 Å². The number of aromatic nitrogens is 2. The van der Waals surface area contributed by atoms with E-state index in [1.165, 1.54) is 16.8 Å². The Labute approximate surface area is 128 Å². The lowest BCUT2D eigenvalue weighted by Gasteiger charge is -2.20. The highest BCUT2D eigenvalue weighted by Crippen LogP contribution is 2.25. The number of rotatable bonds is 6. The maximum absolute atomic E-state index is 4.58. The molecule has 21 heavy (non-hydrogen) atoms. The molecule has 1 unspecified atom stereocenters. The average molecular weight is 285 g/mol. The van der Waals surface area contributed by atoms with Gasteiger partial charge in [0.2, 0.25) is 0 Å². The molecule has 0 spiro atoms. The molecule has 1 atom stereocenters. The summed E-state index contributed by atoms with van der Waals surface area (Å²) in [5, 5.41) is 8.17. The average Bonchev–Trinajstić information content (AvgIpc) is 2.85. The second-order valence-electron chi connectivity index (χ2n) is 5.84. The Balaban J connectivity index is 2.38. The van der Waals surface area contributed by atoms with Crippen molar-refractivity contribution in [3.8, 4) is 0 Å². The Hall–Kier alpha value is -1.61. The number of benzene rings is 1. The monoisotopic (exact) mass is 285 g/mol. The van der Waals surface area contributed by atoms with Crippen molar-refractivity contribution in [1.82, 2.24) is 15.1 Å². The molecule has 0 amide bonds. The normalized spacial score (nSPS) is 12.9. The summed E-state index contributed by atoms with van der Waals surface area (Å²) in [4.78, 5) is 0. The van der Waals surface area contributed by atoms with Crippen molar-refractivity contribution in [2.75, 3.05) is 6.54 Å². The third-order valence-corrected chi connectivity index (χ3v) is 3.87. The van der Waals surface area contributed by atoms with E-state index in [4.69, 9.17) is 0 Å². The molecule has 1 aromatic heterocycles. The highest BCUT2D eigenvalue weighted by atomic mass is 15.3. The van der Waals surface area contributed by atoms with Crippen LogP contribution in [0.3, 0.4) is 0 Å². The number of hydrogen-bond acceptors (Lipinski definition) is 2. The summed E-state index contributed by atoms with van der Waals surface area (Å²) in [5.74, 6) is 0.569. The second-order valence-corrected chi connectivity index (χ2v) is 5.84. The summed E-state index contributed by atoms with van der Waals surface area (Å²) in [7, 11) is 0. The molecule has 0 aliphatic rings. The van der Waals surface area contributed by atoms with Gasteiger partial charge in [-0.2, -0.15) is 5.10 Å². The van der Waals surface area contributed by atoms with E-state index in [9.17, 15) is 0 Å². The largest absolute Gasteiger partial charge is 0.305 e. The Bertz CT molecular complexity index is 567. The highest BCUT2D eigenvalue weighted by Gasteiger charge is 2.18. The molecule has 0 fully saturated rings. The summed E-state index contributed by atoms with van der Waals surface area (Å²) in [6, 6.07) is 11.4. The van der Waals surface area contributed by atoms with Crippen LogP contribution in [-0.2, 0) is 6.54 Å². The van der Waals surface area contributed by atoms with E-state index in [2.05, 4.69) is 80.0 Å².